The van der Waals surface area contributed by atoms with Crippen molar-refractivity contribution in [1.82, 2.24) is 19.4 Å². The highest BCUT2D eigenvalue weighted by Crippen LogP contribution is 2.43. The Balaban J connectivity index is 1.45. The Labute approximate surface area is 219 Å². The molecule has 194 valence electrons. The summed E-state index contributed by atoms with van der Waals surface area (Å²) in [5.41, 5.74) is 12.0. The molecule has 8 heteroatoms. The molecule has 1 atom stereocenters. The summed E-state index contributed by atoms with van der Waals surface area (Å²) in [5, 5.41) is 4.54. The highest BCUT2D eigenvalue weighted by molar-refractivity contribution is 5.95. The van der Waals surface area contributed by atoms with Gasteiger partial charge in [-0.3, -0.25) is 0 Å². The smallest absolute Gasteiger partial charge is 0.227 e. The first kappa shape index (κ1) is 24.9. The Kier molecular flexibility index (Phi) is 6.93. The standard InChI is InChI=1S/C29H37N7O/c1-19(20-10-11-20)36-18-22(21-8-6-7-9-26(21)36)24-12-13-31-29(32-24)33-25-16-23(30)27(17-28(25)37-5)35(4)15-14-34(2)3/h6-9,12-13,16-20H,10-11,14-15,30H2,1-5H3,(H,31,32,33). The maximum absolute atomic E-state index is 6.46. The first-order chi connectivity index (χ1) is 17.9. The van der Waals surface area contributed by atoms with Crippen LogP contribution in [0.3, 0.4) is 0 Å². The number of ether oxygens (including phenoxy) is 1. The third-order valence-corrected chi connectivity index (χ3v) is 7.30. The van der Waals surface area contributed by atoms with Gasteiger partial charge in [0, 0.05) is 61.1 Å². The number of hydrogen-bond acceptors (Lipinski definition) is 7. The largest absolute Gasteiger partial charge is 0.494 e. The van der Waals surface area contributed by atoms with E-state index in [-0.39, 0.29) is 0 Å². The van der Waals surface area contributed by atoms with Crippen LogP contribution in [0.4, 0.5) is 23.0 Å². The van der Waals surface area contributed by atoms with Gasteiger partial charge in [-0.25, -0.2) is 9.97 Å². The van der Waals surface area contributed by atoms with Crippen LogP contribution in [0.5, 0.6) is 5.75 Å². The number of nitrogens with one attached hydrogen (secondary N) is 1. The highest BCUT2D eigenvalue weighted by Gasteiger charge is 2.30. The third-order valence-electron chi connectivity index (χ3n) is 7.30. The summed E-state index contributed by atoms with van der Waals surface area (Å²) < 4.78 is 8.11. The SMILES string of the molecule is COc1cc(N(C)CCN(C)C)c(N)cc1Nc1nccc(-c2cn(C(C)C3CC3)c3ccccc23)n1. The molecule has 0 saturated heterocycles. The van der Waals surface area contributed by atoms with Crippen molar-refractivity contribution in [2.75, 3.05) is 57.3 Å². The number of nitrogens with two attached hydrogens (primary N) is 1. The van der Waals surface area contributed by atoms with Gasteiger partial charge in [0.25, 0.3) is 0 Å². The molecule has 3 N–H and O–H groups in total. The summed E-state index contributed by atoms with van der Waals surface area (Å²) >= 11 is 0. The van der Waals surface area contributed by atoms with Gasteiger partial charge in [0.15, 0.2) is 0 Å². The predicted octanol–water partition coefficient (Wildman–Crippen LogP) is 5.40. The zero-order valence-corrected chi connectivity index (χ0v) is 22.4. The lowest BCUT2D eigenvalue weighted by Crippen LogP contribution is -2.29. The molecule has 8 nitrogen and oxygen atoms in total. The molecule has 2 heterocycles. The number of anilines is 4. The van der Waals surface area contributed by atoms with Gasteiger partial charge in [-0.15, -0.1) is 0 Å². The van der Waals surface area contributed by atoms with Crippen LogP contribution in [0.15, 0.2) is 54.9 Å². The van der Waals surface area contributed by atoms with Gasteiger partial charge in [0.2, 0.25) is 5.95 Å². The topological polar surface area (TPSA) is 84.5 Å². The predicted molar refractivity (Wildman–Crippen MR) is 153 cm³/mol. The Morgan fingerprint density at radius 3 is 2.65 bits per heavy atom. The van der Waals surface area contributed by atoms with Gasteiger partial charge in [0.05, 0.1) is 29.9 Å². The van der Waals surface area contributed by atoms with E-state index in [4.69, 9.17) is 15.5 Å². The van der Waals surface area contributed by atoms with Gasteiger partial charge >= 0.3 is 0 Å². The van der Waals surface area contributed by atoms with E-state index in [2.05, 4.69) is 76.1 Å². The Bertz CT molecular complexity index is 1390. The van der Waals surface area contributed by atoms with Crippen molar-refractivity contribution in [2.24, 2.45) is 5.92 Å². The van der Waals surface area contributed by atoms with Crippen LogP contribution < -0.4 is 20.7 Å². The number of hydrogen-bond donors (Lipinski definition) is 2. The van der Waals surface area contributed by atoms with Crippen LogP contribution >= 0.6 is 0 Å². The molecule has 4 aromatic rings. The average Bonchev–Trinajstić information content (AvgIpc) is 3.67. The number of likely N-dealkylation sites (N-methyl/N-ethyl adjacent to an activating group) is 2. The molecule has 1 fully saturated rings. The van der Waals surface area contributed by atoms with E-state index < -0.39 is 0 Å². The molecule has 2 aromatic carbocycles. The summed E-state index contributed by atoms with van der Waals surface area (Å²) in [7, 11) is 7.82. The van der Waals surface area contributed by atoms with Gasteiger partial charge in [-0.1, -0.05) is 18.2 Å². The summed E-state index contributed by atoms with van der Waals surface area (Å²) in [6.07, 6.45) is 6.65. The van der Waals surface area contributed by atoms with Gasteiger partial charge in [-0.2, -0.15) is 0 Å². The first-order valence-electron chi connectivity index (χ1n) is 12.9. The second-order valence-corrected chi connectivity index (χ2v) is 10.3. The van der Waals surface area contributed by atoms with E-state index in [0.717, 1.165) is 41.6 Å². The minimum absolute atomic E-state index is 0.472. The fourth-order valence-corrected chi connectivity index (χ4v) is 4.89. The molecule has 0 spiro atoms. The molecule has 0 amide bonds. The van der Waals surface area contributed by atoms with Crippen LogP contribution in [-0.4, -0.2) is 60.8 Å². The summed E-state index contributed by atoms with van der Waals surface area (Å²) in [6.45, 7) is 4.10. The molecule has 1 saturated carbocycles. The average molecular weight is 500 g/mol. The van der Waals surface area contributed by atoms with E-state index >= 15 is 0 Å². The second kappa shape index (κ2) is 10.3. The number of nitrogen functional groups attached to an aromatic ring is 1. The highest BCUT2D eigenvalue weighted by atomic mass is 16.5. The summed E-state index contributed by atoms with van der Waals surface area (Å²) in [4.78, 5) is 13.7. The fraction of sp³-hybridized carbons (Fsp3) is 0.379. The van der Waals surface area contributed by atoms with E-state index in [9.17, 15) is 0 Å². The lowest BCUT2D eigenvalue weighted by Gasteiger charge is -2.24. The van der Waals surface area contributed by atoms with Crippen molar-refractivity contribution in [1.29, 1.82) is 0 Å². The van der Waals surface area contributed by atoms with E-state index in [1.165, 1.54) is 23.7 Å². The second-order valence-electron chi connectivity index (χ2n) is 10.3. The number of nitrogens with zero attached hydrogens (tertiary/aromatic N) is 5. The normalized spacial score (nSPS) is 14.2. The van der Waals surface area contributed by atoms with Crippen LogP contribution in [0.2, 0.25) is 0 Å². The summed E-state index contributed by atoms with van der Waals surface area (Å²) in [6, 6.07) is 14.8. The van der Waals surface area contributed by atoms with Crippen molar-refractivity contribution in [3.05, 3.63) is 54.9 Å². The van der Waals surface area contributed by atoms with Crippen LogP contribution in [0.1, 0.15) is 25.8 Å². The van der Waals surface area contributed by atoms with E-state index in [1.54, 1.807) is 13.3 Å². The molecular formula is C29H37N7O. The molecule has 0 aliphatic heterocycles. The Morgan fingerprint density at radius 2 is 1.92 bits per heavy atom. The van der Waals surface area contributed by atoms with Crippen LogP contribution in [0.25, 0.3) is 22.2 Å². The zero-order chi connectivity index (χ0) is 26.1. The zero-order valence-electron chi connectivity index (χ0n) is 22.4. The molecule has 5 rings (SSSR count). The quantitative estimate of drug-likeness (QED) is 0.283. The van der Waals surface area contributed by atoms with Gasteiger partial charge < -0.3 is 30.2 Å². The van der Waals surface area contributed by atoms with Crippen LogP contribution in [-0.2, 0) is 0 Å². The molecule has 1 unspecified atom stereocenters. The number of methoxy groups -OCH3 is 1. The number of rotatable bonds is 10. The lowest BCUT2D eigenvalue weighted by molar-refractivity contribution is 0.413. The van der Waals surface area contributed by atoms with E-state index in [1.807, 2.05) is 25.2 Å². The Morgan fingerprint density at radius 1 is 1.14 bits per heavy atom. The van der Waals surface area contributed by atoms with Crippen LogP contribution in [0, 0.1) is 5.92 Å². The van der Waals surface area contributed by atoms with Gasteiger partial charge in [-0.05, 0) is 58.0 Å². The van der Waals surface area contributed by atoms with Crippen molar-refractivity contribution in [3.63, 3.8) is 0 Å². The molecule has 0 bridgehead atoms. The maximum atomic E-state index is 6.46. The molecule has 0 radical (unpaired) electrons. The monoisotopic (exact) mass is 499 g/mol. The molecule has 37 heavy (non-hydrogen) atoms. The van der Waals surface area contributed by atoms with Crippen molar-refractivity contribution in [2.45, 2.75) is 25.8 Å². The van der Waals surface area contributed by atoms with Crippen molar-refractivity contribution >= 4 is 33.9 Å². The number of para-hydroxylation sites is 1. The number of benzene rings is 2. The fourth-order valence-electron chi connectivity index (χ4n) is 4.89. The molecule has 2 aromatic heterocycles. The summed E-state index contributed by atoms with van der Waals surface area (Å²) in [5.74, 6) is 1.94. The van der Waals surface area contributed by atoms with E-state index in [0.29, 0.717) is 23.4 Å². The van der Waals surface area contributed by atoms with Crippen molar-refractivity contribution < 1.29 is 4.74 Å². The number of fused-ring (bicyclic) bond motifs is 1. The lowest BCUT2D eigenvalue weighted by atomic mass is 10.1. The Hall–Kier alpha value is -3.78. The first-order valence-corrected chi connectivity index (χ1v) is 12.9. The molecular weight excluding hydrogens is 462 g/mol. The molecule has 1 aliphatic carbocycles. The van der Waals surface area contributed by atoms with Crippen molar-refractivity contribution in [3.8, 4) is 17.0 Å². The minimum Gasteiger partial charge on any atom is -0.494 e. The third kappa shape index (κ3) is 5.20. The van der Waals surface area contributed by atoms with Gasteiger partial charge in [0.1, 0.15) is 5.75 Å². The maximum Gasteiger partial charge on any atom is 0.227 e. The minimum atomic E-state index is 0.472. The number of aromatic nitrogens is 3. The molecule has 1 aliphatic rings.